The van der Waals surface area contributed by atoms with Gasteiger partial charge in [0.2, 0.25) is 5.91 Å². The van der Waals surface area contributed by atoms with Crippen LogP contribution in [0.4, 0.5) is 0 Å². The van der Waals surface area contributed by atoms with Crippen LogP contribution in [-0.4, -0.2) is 34.5 Å². The van der Waals surface area contributed by atoms with E-state index in [0.29, 0.717) is 19.5 Å². The Morgan fingerprint density at radius 1 is 1.42 bits per heavy atom. The Kier molecular flexibility index (Phi) is 6.05. The van der Waals surface area contributed by atoms with E-state index in [0.717, 1.165) is 19.4 Å². The van der Waals surface area contributed by atoms with Crippen LogP contribution in [0.3, 0.4) is 0 Å². The quantitative estimate of drug-likeness (QED) is 0.881. The van der Waals surface area contributed by atoms with Crippen molar-refractivity contribution >= 4 is 18.3 Å². The van der Waals surface area contributed by atoms with Gasteiger partial charge in [-0.1, -0.05) is 6.07 Å². The normalized spacial score (nSPS) is 18.2. The van der Waals surface area contributed by atoms with Crippen LogP contribution in [0.1, 0.15) is 19.3 Å². The average molecular weight is 286 g/mol. The third-order valence-electron chi connectivity index (χ3n) is 3.44. The van der Waals surface area contributed by atoms with Crippen molar-refractivity contribution in [3.05, 3.63) is 34.7 Å². The molecule has 0 spiro atoms. The van der Waals surface area contributed by atoms with Gasteiger partial charge in [0.05, 0.1) is 0 Å². The van der Waals surface area contributed by atoms with Gasteiger partial charge in [-0.3, -0.25) is 9.59 Å². The fourth-order valence-electron chi connectivity index (χ4n) is 2.41. The first-order chi connectivity index (χ1) is 8.72. The molecule has 0 aromatic carbocycles. The van der Waals surface area contributed by atoms with Crippen molar-refractivity contribution in [1.82, 2.24) is 9.47 Å². The maximum Gasteiger partial charge on any atom is 0.250 e. The Balaban J connectivity index is 0.00000180. The zero-order chi connectivity index (χ0) is 13.0. The lowest BCUT2D eigenvalue weighted by molar-refractivity contribution is -0.132. The van der Waals surface area contributed by atoms with Crippen LogP contribution in [0.5, 0.6) is 0 Å². The van der Waals surface area contributed by atoms with E-state index in [1.54, 1.807) is 22.9 Å². The van der Waals surface area contributed by atoms with Gasteiger partial charge < -0.3 is 15.2 Å². The van der Waals surface area contributed by atoms with E-state index < -0.39 is 0 Å². The zero-order valence-electron chi connectivity index (χ0n) is 10.8. The number of halogens is 1. The molecule has 19 heavy (non-hydrogen) atoms. The Morgan fingerprint density at radius 3 is 2.89 bits per heavy atom. The molecule has 0 saturated carbocycles. The highest BCUT2D eigenvalue weighted by molar-refractivity contribution is 5.85. The molecule has 0 bridgehead atoms. The Labute approximate surface area is 118 Å². The number of nitrogens with zero attached hydrogens (tertiary/aromatic N) is 2. The summed E-state index contributed by atoms with van der Waals surface area (Å²) < 4.78 is 1.56. The molecule has 1 aromatic heterocycles. The summed E-state index contributed by atoms with van der Waals surface area (Å²) >= 11 is 0. The van der Waals surface area contributed by atoms with Crippen LogP contribution in [-0.2, 0) is 11.3 Å². The predicted octanol–water partition coefficient (Wildman–Crippen LogP) is 0.610. The second-order valence-corrected chi connectivity index (χ2v) is 4.60. The SMILES string of the molecule is Cl.NCC1CCCN1C(=O)CCn1ccccc1=O. The molecule has 1 aliphatic heterocycles. The number of hydrogen-bond donors (Lipinski definition) is 1. The molecule has 1 fully saturated rings. The summed E-state index contributed by atoms with van der Waals surface area (Å²) in [5.41, 5.74) is 5.58. The monoisotopic (exact) mass is 285 g/mol. The van der Waals surface area contributed by atoms with Crippen LogP contribution < -0.4 is 11.3 Å². The van der Waals surface area contributed by atoms with Crippen molar-refractivity contribution in [3.8, 4) is 0 Å². The Hall–Kier alpha value is -1.33. The molecular formula is C13H20ClN3O2. The van der Waals surface area contributed by atoms with Gasteiger partial charge in [0, 0.05) is 44.4 Å². The van der Waals surface area contributed by atoms with E-state index in [1.807, 2.05) is 4.90 Å². The van der Waals surface area contributed by atoms with Crippen molar-refractivity contribution in [2.24, 2.45) is 5.73 Å². The van der Waals surface area contributed by atoms with Crippen LogP contribution in [0.15, 0.2) is 29.2 Å². The van der Waals surface area contributed by atoms with Gasteiger partial charge in [-0.25, -0.2) is 0 Å². The smallest absolute Gasteiger partial charge is 0.250 e. The van der Waals surface area contributed by atoms with Gasteiger partial charge in [0.1, 0.15) is 0 Å². The number of likely N-dealkylation sites (tertiary alicyclic amines) is 1. The number of aromatic nitrogens is 1. The minimum Gasteiger partial charge on any atom is -0.338 e. The molecular weight excluding hydrogens is 266 g/mol. The molecule has 2 heterocycles. The largest absolute Gasteiger partial charge is 0.338 e. The number of aryl methyl sites for hydroxylation is 1. The topological polar surface area (TPSA) is 68.3 Å². The van der Waals surface area contributed by atoms with E-state index in [-0.39, 0.29) is 29.9 Å². The van der Waals surface area contributed by atoms with Crippen LogP contribution >= 0.6 is 12.4 Å². The third kappa shape index (κ3) is 3.81. The summed E-state index contributed by atoms with van der Waals surface area (Å²) in [7, 11) is 0. The van der Waals surface area contributed by atoms with Gasteiger partial charge >= 0.3 is 0 Å². The molecule has 1 atom stereocenters. The summed E-state index contributed by atoms with van der Waals surface area (Å²) in [6.45, 7) is 1.76. The fourth-order valence-corrected chi connectivity index (χ4v) is 2.41. The number of hydrogen-bond acceptors (Lipinski definition) is 3. The summed E-state index contributed by atoms with van der Waals surface area (Å²) in [6, 6.07) is 5.18. The Bertz CT molecular complexity index is 475. The van der Waals surface area contributed by atoms with Crippen molar-refractivity contribution in [2.75, 3.05) is 13.1 Å². The molecule has 1 saturated heterocycles. The lowest BCUT2D eigenvalue weighted by atomic mass is 10.2. The van der Waals surface area contributed by atoms with E-state index in [9.17, 15) is 9.59 Å². The lowest BCUT2D eigenvalue weighted by Gasteiger charge is -2.23. The highest BCUT2D eigenvalue weighted by Crippen LogP contribution is 2.17. The standard InChI is InChI=1S/C13H19N3O2.ClH/c14-10-11-4-3-8-16(11)13(18)6-9-15-7-2-1-5-12(15)17;/h1-2,5,7,11H,3-4,6,8-10,14H2;1H. The van der Waals surface area contributed by atoms with Gasteiger partial charge in [-0.15, -0.1) is 12.4 Å². The number of amides is 1. The third-order valence-corrected chi connectivity index (χ3v) is 3.44. The molecule has 2 rings (SSSR count). The number of rotatable bonds is 4. The second kappa shape index (κ2) is 7.31. The number of carbonyl (C=O) groups excluding carboxylic acids is 1. The average Bonchev–Trinajstić information content (AvgIpc) is 2.86. The van der Waals surface area contributed by atoms with E-state index >= 15 is 0 Å². The van der Waals surface area contributed by atoms with Crippen LogP contribution in [0.2, 0.25) is 0 Å². The minimum atomic E-state index is -0.0675. The molecule has 2 N–H and O–H groups in total. The number of carbonyl (C=O) groups is 1. The maximum atomic E-state index is 12.1. The van der Waals surface area contributed by atoms with Crippen molar-refractivity contribution < 1.29 is 4.79 Å². The molecule has 0 aliphatic carbocycles. The summed E-state index contributed by atoms with van der Waals surface area (Å²) in [4.78, 5) is 25.4. The maximum absolute atomic E-state index is 12.1. The van der Waals surface area contributed by atoms with Crippen molar-refractivity contribution in [1.29, 1.82) is 0 Å². The predicted molar refractivity (Wildman–Crippen MR) is 76.4 cm³/mol. The number of pyridine rings is 1. The van der Waals surface area contributed by atoms with Crippen LogP contribution in [0, 0.1) is 0 Å². The van der Waals surface area contributed by atoms with Crippen molar-refractivity contribution in [2.45, 2.75) is 31.8 Å². The second-order valence-electron chi connectivity index (χ2n) is 4.60. The first-order valence-corrected chi connectivity index (χ1v) is 6.37. The molecule has 0 radical (unpaired) electrons. The minimum absolute atomic E-state index is 0. The van der Waals surface area contributed by atoms with Crippen molar-refractivity contribution in [3.63, 3.8) is 0 Å². The van der Waals surface area contributed by atoms with Crippen LogP contribution in [0.25, 0.3) is 0 Å². The van der Waals surface area contributed by atoms with E-state index in [1.165, 1.54) is 6.07 Å². The van der Waals surface area contributed by atoms with E-state index in [4.69, 9.17) is 5.73 Å². The molecule has 1 aromatic rings. The highest BCUT2D eigenvalue weighted by atomic mass is 35.5. The lowest BCUT2D eigenvalue weighted by Crippen LogP contribution is -2.40. The summed E-state index contributed by atoms with van der Waals surface area (Å²) in [5, 5.41) is 0. The number of nitrogens with two attached hydrogens (primary N) is 1. The van der Waals surface area contributed by atoms with Gasteiger partial charge in [-0.05, 0) is 18.9 Å². The highest BCUT2D eigenvalue weighted by Gasteiger charge is 2.26. The van der Waals surface area contributed by atoms with Gasteiger partial charge in [0.15, 0.2) is 0 Å². The summed E-state index contributed by atoms with van der Waals surface area (Å²) in [5.74, 6) is 0.0960. The van der Waals surface area contributed by atoms with Gasteiger partial charge in [0.25, 0.3) is 5.56 Å². The first kappa shape index (κ1) is 15.7. The molecule has 1 unspecified atom stereocenters. The molecule has 1 amide bonds. The fraction of sp³-hybridized carbons (Fsp3) is 0.538. The zero-order valence-corrected chi connectivity index (χ0v) is 11.6. The molecule has 1 aliphatic rings. The molecule has 106 valence electrons. The first-order valence-electron chi connectivity index (χ1n) is 6.37. The Morgan fingerprint density at radius 2 is 2.21 bits per heavy atom. The van der Waals surface area contributed by atoms with Gasteiger partial charge in [-0.2, -0.15) is 0 Å². The van der Waals surface area contributed by atoms with E-state index in [2.05, 4.69) is 0 Å². The molecule has 6 heteroatoms. The summed E-state index contributed by atoms with van der Waals surface area (Å²) in [6.07, 6.45) is 4.09. The molecule has 5 nitrogen and oxygen atoms in total.